The molecule has 0 unspecified atom stereocenters. The summed E-state index contributed by atoms with van der Waals surface area (Å²) in [5.41, 5.74) is 5.31. The molecule has 2 rings (SSSR count). The lowest BCUT2D eigenvalue weighted by atomic mass is 10.1. The van der Waals surface area contributed by atoms with Crippen molar-refractivity contribution in [3.05, 3.63) is 46.3 Å². The fourth-order valence-corrected chi connectivity index (χ4v) is 2.79. The van der Waals surface area contributed by atoms with Gasteiger partial charge in [-0.25, -0.2) is 0 Å². The summed E-state index contributed by atoms with van der Waals surface area (Å²) in [6.07, 6.45) is 0. The molecule has 0 spiro atoms. The molecule has 1 amide bonds. The number of benzene rings is 1. The summed E-state index contributed by atoms with van der Waals surface area (Å²) in [5, 5.41) is 3.94. The van der Waals surface area contributed by atoms with E-state index in [-0.39, 0.29) is 5.91 Å². The number of hydrogen-bond acceptors (Lipinski definition) is 4. The molecule has 124 valence electrons. The first-order valence-corrected chi connectivity index (χ1v) is 7.73. The van der Waals surface area contributed by atoms with Crippen molar-refractivity contribution in [3.8, 4) is 0 Å². The summed E-state index contributed by atoms with van der Waals surface area (Å²) in [5.74, 6) is 0.794. The van der Waals surface area contributed by atoms with E-state index in [4.69, 9.17) is 4.52 Å². The van der Waals surface area contributed by atoms with Crippen molar-refractivity contribution in [2.24, 2.45) is 0 Å². The van der Waals surface area contributed by atoms with Gasteiger partial charge in [-0.3, -0.25) is 4.79 Å². The van der Waals surface area contributed by atoms with Crippen LogP contribution in [0.15, 0.2) is 22.7 Å². The van der Waals surface area contributed by atoms with Gasteiger partial charge in [0.25, 0.3) is 0 Å². The van der Waals surface area contributed by atoms with E-state index in [1.54, 1.807) is 4.90 Å². The van der Waals surface area contributed by atoms with E-state index in [1.807, 2.05) is 32.8 Å². The molecule has 0 N–H and O–H groups in total. The number of hydrogen-bond donors (Lipinski definition) is 0. The van der Waals surface area contributed by atoms with Crippen LogP contribution in [0.2, 0.25) is 0 Å². The minimum atomic E-state index is 0.0625. The average molecular weight is 315 g/mol. The number of aryl methyl sites for hydroxylation is 4. The lowest BCUT2D eigenvalue weighted by molar-refractivity contribution is -0.128. The van der Waals surface area contributed by atoms with Gasteiger partial charge in [0.05, 0.1) is 6.54 Å². The van der Waals surface area contributed by atoms with E-state index in [0.29, 0.717) is 13.1 Å². The molecule has 2 aromatic rings. The Morgan fingerprint density at radius 3 is 2.43 bits per heavy atom. The van der Waals surface area contributed by atoms with Gasteiger partial charge < -0.3 is 14.3 Å². The van der Waals surface area contributed by atoms with E-state index in [2.05, 4.69) is 37.2 Å². The molecule has 1 aromatic carbocycles. The number of likely N-dealkylation sites (N-methyl/N-ethyl adjacent to an activating group) is 2. The van der Waals surface area contributed by atoms with Crippen molar-refractivity contribution in [1.29, 1.82) is 0 Å². The number of rotatable bonds is 5. The summed E-state index contributed by atoms with van der Waals surface area (Å²) >= 11 is 0. The molecular formula is C18H25N3O2. The van der Waals surface area contributed by atoms with Crippen LogP contribution in [0, 0.1) is 27.7 Å². The predicted octanol–water partition coefficient (Wildman–Crippen LogP) is 3.00. The Bertz CT molecular complexity index is 687. The highest BCUT2D eigenvalue weighted by molar-refractivity contribution is 5.81. The first-order valence-electron chi connectivity index (χ1n) is 7.73. The summed E-state index contributed by atoms with van der Waals surface area (Å²) in [6.45, 7) is 8.80. The van der Waals surface area contributed by atoms with Crippen LogP contribution in [0.25, 0.3) is 0 Å². The number of nitrogens with zero attached hydrogens (tertiary/aromatic N) is 3. The van der Waals surface area contributed by atoms with Crippen LogP contribution in [0.1, 0.15) is 28.1 Å². The fourth-order valence-electron chi connectivity index (χ4n) is 2.79. The molecular weight excluding hydrogens is 290 g/mol. The van der Waals surface area contributed by atoms with Gasteiger partial charge in [0, 0.05) is 20.6 Å². The summed E-state index contributed by atoms with van der Waals surface area (Å²) in [4.78, 5) is 16.1. The van der Waals surface area contributed by atoms with Gasteiger partial charge in [-0.2, -0.15) is 0 Å². The number of anilines is 1. The lowest BCUT2D eigenvalue weighted by Crippen LogP contribution is -2.36. The van der Waals surface area contributed by atoms with Crippen LogP contribution in [-0.2, 0) is 11.3 Å². The Morgan fingerprint density at radius 1 is 1.17 bits per heavy atom. The van der Waals surface area contributed by atoms with Crippen LogP contribution in [0.4, 0.5) is 5.69 Å². The second-order valence-electron chi connectivity index (χ2n) is 6.21. The minimum absolute atomic E-state index is 0.0625. The Morgan fingerprint density at radius 2 is 1.87 bits per heavy atom. The molecule has 0 atom stereocenters. The number of carbonyl (C=O) groups excluding carboxylic acids is 1. The van der Waals surface area contributed by atoms with Crippen LogP contribution in [0.3, 0.4) is 0 Å². The zero-order valence-electron chi connectivity index (χ0n) is 14.8. The van der Waals surface area contributed by atoms with Gasteiger partial charge >= 0.3 is 0 Å². The fraction of sp³-hybridized carbons (Fsp3) is 0.444. The first-order chi connectivity index (χ1) is 10.8. The Kier molecular flexibility index (Phi) is 5.08. The predicted molar refractivity (Wildman–Crippen MR) is 91.6 cm³/mol. The Labute approximate surface area is 137 Å². The van der Waals surface area contributed by atoms with Crippen LogP contribution >= 0.6 is 0 Å². The zero-order valence-corrected chi connectivity index (χ0v) is 14.8. The smallest absolute Gasteiger partial charge is 0.242 e. The zero-order chi connectivity index (χ0) is 17.1. The van der Waals surface area contributed by atoms with Gasteiger partial charge in [-0.1, -0.05) is 28.9 Å². The lowest BCUT2D eigenvalue weighted by Gasteiger charge is -2.23. The third kappa shape index (κ3) is 3.92. The first kappa shape index (κ1) is 17.1. The van der Waals surface area contributed by atoms with Gasteiger partial charge in [0.2, 0.25) is 5.91 Å². The van der Waals surface area contributed by atoms with E-state index < -0.39 is 0 Å². The summed E-state index contributed by atoms with van der Waals surface area (Å²) in [6, 6.07) is 6.31. The average Bonchev–Trinajstić information content (AvgIpc) is 2.81. The van der Waals surface area contributed by atoms with Crippen molar-refractivity contribution >= 4 is 11.6 Å². The molecule has 0 aliphatic heterocycles. The largest absolute Gasteiger partial charge is 0.361 e. The van der Waals surface area contributed by atoms with Crippen LogP contribution in [0.5, 0.6) is 0 Å². The normalized spacial score (nSPS) is 10.7. The van der Waals surface area contributed by atoms with Crippen molar-refractivity contribution in [2.75, 3.05) is 25.5 Å². The Hall–Kier alpha value is -2.30. The van der Waals surface area contributed by atoms with E-state index in [9.17, 15) is 4.79 Å². The molecule has 0 saturated carbocycles. The van der Waals surface area contributed by atoms with Crippen molar-refractivity contribution in [2.45, 2.75) is 34.2 Å². The third-order valence-electron chi connectivity index (χ3n) is 4.08. The minimum Gasteiger partial charge on any atom is -0.361 e. The van der Waals surface area contributed by atoms with Gasteiger partial charge in [0.1, 0.15) is 11.4 Å². The topological polar surface area (TPSA) is 49.6 Å². The second kappa shape index (κ2) is 6.86. The maximum Gasteiger partial charge on any atom is 0.242 e. The molecule has 0 saturated heterocycles. The highest BCUT2D eigenvalue weighted by Crippen LogP contribution is 2.22. The molecule has 0 aliphatic carbocycles. The highest BCUT2D eigenvalue weighted by Gasteiger charge is 2.18. The van der Waals surface area contributed by atoms with Gasteiger partial charge in [0.15, 0.2) is 5.76 Å². The van der Waals surface area contributed by atoms with Crippen molar-refractivity contribution in [3.63, 3.8) is 0 Å². The molecule has 1 aromatic heterocycles. The Balaban J connectivity index is 2.02. The van der Waals surface area contributed by atoms with Crippen LogP contribution in [-0.4, -0.2) is 36.6 Å². The van der Waals surface area contributed by atoms with Gasteiger partial charge in [-0.15, -0.1) is 0 Å². The summed E-state index contributed by atoms with van der Waals surface area (Å²) in [7, 11) is 3.72. The molecule has 5 nitrogen and oxygen atoms in total. The number of amides is 1. The quantitative estimate of drug-likeness (QED) is 0.851. The molecule has 23 heavy (non-hydrogen) atoms. The highest BCUT2D eigenvalue weighted by atomic mass is 16.5. The van der Waals surface area contributed by atoms with Gasteiger partial charge in [-0.05, 0) is 38.8 Å². The van der Waals surface area contributed by atoms with Crippen molar-refractivity contribution < 1.29 is 9.32 Å². The summed E-state index contributed by atoms with van der Waals surface area (Å²) < 4.78 is 5.16. The maximum atomic E-state index is 12.5. The standard InChI is InChI=1S/C18H25N3O2/c1-12-7-8-16(13(2)9-12)10-20(5)17(22)11-21(6)18-14(3)19-23-15(18)4/h7-9H,10-11H2,1-6H3. The second-order valence-corrected chi connectivity index (χ2v) is 6.21. The van der Waals surface area contributed by atoms with E-state index in [1.165, 1.54) is 16.7 Å². The van der Waals surface area contributed by atoms with E-state index in [0.717, 1.165) is 17.1 Å². The molecule has 0 aliphatic rings. The maximum absolute atomic E-state index is 12.5. The number of carbonyl (C=O) groups is 1. The number of aromatic nitrogens is 1. The SMILES string of the molecule is Cc1ccc(CN(C)C(=O)CN(C)c2c(C)noc2C)c(C)c1. The monoisotopic (exact) mass is 315 g/mol. The van der Waals surface area contributed by atoms with E-state index >= 15 is 0 Å². The van der Waals surface area contributed by atoms with Crippen molar-refractivity contribution in [1.82, 2.24) is 10.1 Å². The molecule has 0 fully saturated rings. The molecule has 0 bridgehead atoms. The van der Waals surface area contributed by atoms with Crippen LogP contribution < -0.4 is 4.90 Å². The third-order valence-corrected chi connectivity index (χ3v) is 4.08. The molecule has 5 heteroatoms. The molecule has 1 heterocycles. The molecule has 0 radical (unpaired) electrons.